The molecule has 8 nitrogen and oxygen atoms in total. The van der Waals surface area contributed by atoms with Crippen LogP contribution in [-0.2, 0) is 6.54 Å². The molecule has 0 saturated heterocycles. The second kappa shape index (κ2) is 7.96. The predicted molar refractivity (Wildman–Crippen MR) is 106 cm³/mol. The van der Waals surface area contributed by atoms with E-state index in [4.69, 9.17) is 0 Å². The third-order valence-corrected chi connectivity index (χ3v) is 4.65. The Morgan fingerprint density at radius 1 is 0.767 bits per heavy atom. The number of fused-ring (bicyclic) bond motifs is 1. The van der Waals surface area contributed by atoms with Crippen LogP contribution >= 0.6 is 0 Å². The van der Waals surface area contributed by atoms with Crippen molar-refractivity contribution in [3.8, 4) is 0 Å². The zero-order chi connectivity index (χ0) is 21.1. The number of pyridine rings is 1. The van der Waals surface area contributed by atoms with Crippen LogP contribution < -0.4 is 10.9 Å². The highest BCUT2D eigenvalue weighted by molar-refractivity contribution is 6.21. The Bertz CT molecular complexity index is 1110. The van der Waals surface area contributed by atoms with Gasteiger partial charge in [-0.2, -0.15) is 0 Å². The third kappa shape index (κ3) is 3.66. The fourth-order valence-electron chi connectivity index (χ4n) is 3.08. The van der Waals surface area contributed by atoms with Crippen LogP contribution in [0.25, 0.3) is 0 Å². The van der Waals surface area contributed by atoms with Gasteiger partial charge in [-0.1, -0.05) is 24.3 Å². The van der Waals surface area contributed by atoms with Crippen LogP contribution in [-0.4, -0.2) is 33.5 Å². The number of carbonyl (C=O) groups excluding carboxylic acids is 4. The van der Waals surface area contributed by atoms with Crippen molar-refractivity contribution in [2.75, 3.05) is 0 Å². The van der Waals surface area contributed by atoms with E-state index in [0.717, 1.165) is 0 Å². The molecule has 0 spiro atoms. The highest BCUT2D eigenvalue weighted by Gasteiger charge is 2.34. The number of hydrogen-bond donors (Lipinski definition) is 2. The van der Waals surface area contributed by atoms with E-state index in [1.165, 1.54) is 11.1 Å². The Balaban J connectivity index is 1.37. The number of nitrogens with one attached hydrogen (secondary N) is 2. The molecule has 0 atom stereocenters. The van der Waals surface area contributed by atoms with Crippen molar-refractivity contribution in [1.82, 2.24) is 20.7 Å². The highest BCUT2D eigenvalue weighted by atomic mass is 16.2. The van der Waals surface area contributed by atoms with Crippen molar-refractivity contribution in [2.24, 2.45) is 0 Å². The van der Waals surface area contributed by atoms with Crippen LogP contribution in [0.5, 0.6) is 0 Å². The number of aromatic nitrogens is 1. The molecule has 1 aromatic heterocycles. The predicted octanol–water partition coefficient (Wildman–Crippen LogP) is 1.95. The van der Waals surface area contributed by atoms with Crippen LogP contribution in [0.3, 0.4) is 0 Å². The molecule has 0 radical (unpaired) electrons. The van der Waals surface area contributed by atoms with Gasteiger partial charge in [0.2, 0.25) is 0 Å². The molecule has 4 rings (SSSR count). The number of hydrogen-bond acceptors (Lipinski definition) is 5. The number of nitrogens with zero attached hydrogens (tertiary/aromatic N) is 2. The van der Waals surface area contributed by atoms with E-state index in [1.54, 1.807) is 66.9 Å². The van der Waals surface area contributed by atoms with Crippen molar-refractivity contribution < 1.29 is 19.2 Å². The zero-order valence-corrected chi connectivity index (χ0v) is 15.7. The molecule has 4 amide bonds. The summed E-state index contributed by atoms with van der Waals surface area (Å²) in [6, 6.07) is 16.3. The second-order valence-corrected chi connectivity index (χ2v) is 6.59. The van der Waals surface area contributed by atoms with E-state index < -0.39 is 11.8 Å². The fraction of sp³-hybridized carbons (Fsp3) is 0.0455. The highest BCUT2D eigenvalue weighted by Crippen LogP contribution is 2.24. The van der Waals surface area contributed by atoms with Crippen molar-refractivity contribution in [3.63, 3.8) is 0 Å². The van der Waals surface area contributed by atoms with Crippen LogP contribution in [0.15, 0.2) is 73.1 Å². The Kier molecular flexibility index (Phi) is 5.04. The minimum atomic E-state index is -0.500. The van der Waals surface area contributed by atoms with Gasteiger partial charge >= 0.3 is 0 Å². The van der Waals surface area contributed by atoms with Crippen molar-refractivity contribution in [1.29, 1.82) is 0 Å². The molecule has 0 unspecified atom stereocenters. The maximum Gasteiger partial charge on any atom is 0.271 e. The number of rotatable bonds is 4. The van der Waals surface area contributed by atoms with E-state index in [9.17, 15) is 19.2 Å². The Hall–Kier alpha value is -4.33. The first-order valence-electron chi connectivity index (χ1n) is 9.09. The molecule has 2 heterocycles. The average molecular weight is 400 g/mol. The van der Waals surface area contributed by atoms with E-state index >= 15 is 0 Å². The standard InChI is InChI=1S/C22H16N4O4/c27-19(24-25-20(28)16-4-3-11-23-12-16)15-9-7-14(8-10-15)13-26-21(29)17-5-1-2-6-18(17)22(26)30/h1-12H,13H2,(H,24,27)(H,25,28). The molecule has 8 heteroatoms. The Morgan fingerprint density at radius 2 is 1.37 bits per heavy atom. The number of amides is 4. The first-order valence-corrected chi connectivity index (χ1v) is 9.09. The normalized spacial score (nSPS) is 12.5. The summed E-state index contributed by atoms with van der Waals surface area (Å²) in [5, 5.41) is 0. The van der Waals surface area contributed by atoms with Gasteiger partial charge in [0.15, 0.2) is 0 Å². The molecule has 0 fully saturated rings. The summed E-state index contributed by atoms with van der Waals surface area (Å²) in [4.78, 5) is 54.1. The molecular formula is C22H16N4O4. The topological polar surface area (TPSA) is 108 Å². The van der Waals surface area contributed by atoms with Gasteiger partial charge in [-0.25, -0.2) is 0 Å². The number of carbonyl (C=O) groups is 4. The summed E-state index contributed by atoms with van der Waals surface area (Å²) >= 11 is 0. The summed E-state index contributed by atoms with van der Waals surface area (Å²) in [6.45, 7) is 0.103. The third-order valence-electron chi connectivity index (χ3n) is 4.65. The molecular weight excluding hydrogens is 384 g/mol. The van der Waals surface area contributed by atoms with Crippen LogP contribution in [0.2, 0.25) is 0 Å². The largest absolute Gasteiger partial charge is 0.271 e. The molecule has 0 bridgehead atoms. The van der Waals surface area contributed by atoms with Gasteiger partial charge < -0.3 is 0 Å². The zero-order valence-electron chi connectivity index (χ0n) is 15.7. The van der Waals surface area contributed by atoms with Gasteiger partial charge in [-0.3, -0.25) is 39.9 Å². The van der Waals surface area contributed by atoms with Gasteiger partial charge in [0, 0.05) is 18.0 Å². The van der Waals surface area contributed by atoms with Crippen LogP contribution in [0, 0.1) is 0 Å². The SMILES string of the molecule is O=C(NNC(=O)c1cccnc1)c1ccc(CN2C(=O)c3ccccc3C2=O)cc1. The van der Waals surface area contributed by atoms with E-state index in [-0.39, 0.29) is 18.4 Å². The summed E-state index contributed by atoms with van der Waals surface area (Å²) in [6.07, 6.45) is 2.92. The maximum absolute atomic E-state index is 12.4. The smallest absolute Gasteiger partial charge is 0.270 e. The molecule has 1 aliphatic heterocycles. The molecule has 2 aromatic carbocycles. The molecule has 0 aliphatic carbocycles. The molecule has 0 saturated carbocycles. The molecule has 30 heavy (non-hydrogen) atoms. The minimum absolute atomic E-state index is 0.103. The van der Waals surface area contributed by atoms with Crippen LogP contribution in [0.1, 0.15) is 47.0 Å². The summed E-state index contributed by atoms with van der Waals surface area (Å²) in [5.74, 6) is -1.66. The maximum atomic E-state index is 12.4. The van der Waals surface area contributed by atoms with Crippen molar-refractivity contribution >= 4 is 23.6 Å². The first-order chi connectivity index (χ1) is 14.5. The van der Waals surface area contributed by atoms with Crippen LogP contribution in [0.4, 0.5) is 0 Å². The lowest BCUT2D eigenvalue weighted by Crippen LogP contribution is -2.41. The number of benzene rings is 2. The molecule has 1 aliphatic rings. The Labute approximate surface area is 171 Å². The van der Waals surface area contributed by atoms with E-state index in [0.29, 0.717) is 27.8 Å². The lowest BCUT2D eigenvalue weighted by molar-refractivity contribution is 0.0641. The summed E-state index contributed by atoms with van der Waals surface area (Å²) < 4.78 is 0. The van der Waals surface area contributed by atoms with Crippen molar-refractivity contribution in [2.45, 2.75) is 6.54 Å². The minimum Gasteiger partial charge on any atom is -0.270 e. The molecule has 3 aromatic rings. The average Bonchev–Trinajstić information content (AvgIpc) is 3.03. The summed E-state index contributed by atoms with van der Waals surface area (Å²) in [7, 11) is 0. The van der Waals surface area contributed by atoms with Gasteiger partial charge in [-0.05, 0) is 42.0 Å². The lowest BCUT2D eigenvalue weighted by atomic mass is 10.1. The summed E-state index contributed by atoms with van der Waals surface area (Å²) in [5.41, 5.74) is 6.75. The van der Waals surface area contributed by atoms with Crippen molar-refractivity contribution in [3.05, 3.63) is 101 Å². The number of hydrazine groups is 1. The van der Waals surface area contributed by atoms with Gasteiger partial charge in [0.25, 0.3) is 23.6 Å². The second-order valence-electron chi connectivity index (χ2n) is 6.59. The van der Waals surface area contributed by atoms with E-state index in [1.807, 2.05) is 0 Å². The Morgan fingerprint density at radius 3 is 1.93 bits per heavy atom. The fourth-order valence-corrected chi connectivity index (χ4v) is 3.08. The van der Waals surface area contributed by atoms with Gasteiger partial charge in [0.1, 0.15) is 0 Å². The van der Waals surface area contributed by atoms with E-state index in [2.05, 4.69) is 15.8 Å². The quantitative estimate of drug-likeness (QED) is 0.514. The molecule has 148 valence electrons. The monoisotopic (exact) mass is 400 g/mol. The lowest BCUT2D eigenvalue weighted by Gasteiger charge is -2.14. The first kappa shape index (κ1) is 19.0. The van der Waals surface area contributed by atoms with Gasteiger partial charge in [-0.15, -0.1) is 0 Å². The van der Waals surface area contributed by atoms with Gasteiger partial charge in [0.05, 0.1) is 23.2 Å². The number of imide groups is 1. The molecule has 2 N–H and O–H groups in total.